The molecule has 1 heterocycles. The van der Waals surface area contributed by atoms with Gasteiger partial charge in [-0.25, -0.2) is 0 Å². The molecular weight excluding hydrogens is 216 g/mol. The van der Waals surface area contributed by atoms with Crippen molar-refractivity contribution in [2.24, 2.45) is 0 Å². The van der Waals surface area contributed by atoms with Gasteiger partial charge >= 0.3 is 0 Å². The number of nitrogens with one attached hydrogen (secondary N) is 1. The van der Waals surface area contributed by atoms with Crippen molar-refractivity contribution in [3.8, 4) is 6.07 Å². The Kier molecular flexibility index (Phi) is 2.14. The number of halogens is 1. The highest BCUT2D eigenvalue weighted by Gasteiger charge is 2.45. The zero-order chi connectivity index (χ0) is 11.1. The lowest BCUT2D eigenvalue weighted by molar-refractivity contribution is -0.133. The van der Waals surface area contributed by atoms with E-state index < -0.39 is 11.5 Å². The average Bonchev–Trinajstić information content (AvgIpc) is 2.42. The van der Waals surface area contributed by atoms with Gasteiger partial charge in [-0.15, -0.1) is 0 Å². The third-order valence-corrected chi connectivity index (χ3v) is 2.62. The number of carbonyl (C=O) groups excluding carboxylic acids is 1. The van der Waals surface area contributed by atoms with Crippen LogP contribution in [0.1, 0.15) is 12.0 Å². The summed E-state index contributed by atoms with van der Waals surface area (Å²) in [4.78, 5) is 11.5. The van der Waals surface area contributed by atoms with Gasteiger partial charge in [0, 0.05) is 16.3 Å². The molecule has 1 aliphatic rings. The lowest BCUT2D eigenvalue weighted by Gasteiger charge is -2.16. The van der Waals surface area contributed by atoms with Crippen molar-refractivity contribution in [3.05, 3.63) is 28.8 Å². The Morgan fingerprint density at radius 3 is 3.00 bits per heavy atom. The highest BCUT2D eigenvalue weighted by molar-refractivity contribution is 6.31. The lowest BCUT2D eigenvalue weighted by atomic mass is 9.92. The Bertz CT molecular complexity index is 481. The number of rotatable bonds is 1. The van der Waals surface area contributed by atoms with Gasteiger partial charge in [0.2, 0.25) is 0 Å². The summed E-state index contributed by atoms with van der Waals surface area (Å²) in [5, 5.41) is 21.5. The number of amides is 1. The Hall–Kier alpha value is -1.57. The maximum absolute atomic E-state index is 11.5. The minimum absolute atomic E-state index is 0.286. The van der Waals surface area contributed by atoms with E-state index in [4.69, 9.17) is 16.9 Å². The fraction of sp³-hybridized carbons (Fsp3) is 0.200. The third-order valence-electron chi connectivity index (χ3n) is 2.39. The van der Waals surface area contributed by atoms with Crippen molar-refractivity contribution >= 4 is 23.2 Å². The average molecular weight is 223 g/mol. The van der Waals surface area contributed by atoms with Crippen molar-refractivity contribution in [2.45, 2.75) is 12.0 Å². The van der Waals surface area contributed by atoms with Gasteiger partial charge in [0.05, 0.1) is 12.5 Å². The molecule has 15 heavy (non-hydrogen) atoms. The molecule has 2 rings (SSSR count). The number of benzene rings is 1. The monoisotopic (exact) mass is 222 g/mol. The van der Waals surface area contributed by atoms with E-state index in [-0.39, 0.29) is 6.42 Å². The Morgan fingerprint density at radius 2 is 2.33 bits per heavy atom. The van der Waals surface area contributed by atoms with Crippen LogP contribution in [0.3, 0.4) is 0 Å². The zero-order valence-electron chi connectivity index (χ0n) is 7.62. The fourth-order valence-corrected chi connectivity index (χ4v) is 1.78. The molecular formula is C10H7ClN2O2. The summed E-state index contributed by atoms with van der Waals surface area (Å²) in [6.45, 7) is 0. The summed E-state index contributed by atoms with van der Waals surface area (Å²) in [7, 11) is 0. The smallest absolute Gasteiger partial charge is 0.262 e. The second kappa shape index (κ2) is 3.23. The molecule has 0 aromatic heterocycles. The Labute approximate surface area is 91.1 Å². The van der Waals surface area contributed by atoms with E-state index in [1.165, 1.54) is 6.07 Å². The summed E-state index contributed by atoms with van der Waals surface area (Å²) in [5.41, 5.74) is -0.904. The summed E-state index contributed by atoms with van der Waals surface area (Å²) < 4.78 is 0. The SMILES string of the molecule is N#CCC1(O)C(=O)Nc2ccc(Cl)cc21. The lowest BCUT2D eigenvalue weighted by Crippen LogP contribution is -2.33. The molecule has 1 atom stereocenters. The maximum Gasteiger partial charge on any atom is 0.262 e. The van der Waals surface area contributed by atoms with Crippen LogP contribution in [0.15, 0.2) is 18.2 Å². The van der Waals surface area contributed by atoms with Crippen molar-refractivity contribution in [2.75, 3.05) is 5.32 Å². The number of aliphatic hydroxyl groups is 1. The van der Waals surface area contributed by atoms with E-state index in [2.05, 4.69) is 5.32 Å². The van der Waals surface area contributed by atoms with Gasteiger partial charge in [-0.3, -0.25) is 4.79 Å². The van der Waals surface area contributed by atoms with Gasteiger partial charge in [0.25, 0.3) is 5.91 Å². The summed E-state index contributed by atoms with van der Waals surface area (Å²) in [6.07, 6.45) is -0.286. The Morgan fingerprint density at radius 1 is 1.60 bits per heavy atom. The number of carbonyl (C=O) groups is 1. The number of hydrogen-bond acceptors (Lipinski definition) is 3. The molecule has 2 N–H and O–H groups in total. The van der Waals surface area contributed by atoms with E-state index in [0.29, 0.717) is 16.3 Å². The van der Waals surface area contributed by atoms with Gasteiger partial charge in [0.15, 0.2) is 5.60 Å². The first-order chi connectivity index (χ1) is 7.08. The van der Waals surface area contributed by atoms with Gasteiger partial charge in [0.1, 0.15) is 0 Å². The molecule has 0 bridgehead atoms. The second-order valence-electron chi connectivity index (χ2n) is 3.34. The highest BCUT2D eigenvalue weighted by atomic mass is 35.5. The van der Waals surface area contributed by atoms with Crippen LogP contribution in [0.2, 0.25) is 5.02 Å². The predicted molar refractivity (Wildman–Crippen MR) is 54.2 cm³/mol. The first kappa shape index (κ1) is 9.97. The molecule has 5 heteroatoms. The third kappa shape index (κ3) is 1.37. The molecule has 0 spiro atoms. The van der Waals surface area contributed by atoms with Crippen LogP contribution in [0.25, 0.3) is 0 Å². The number of nitrogens with zero attached hydrogens (tertiary/aromatic N) is 1. The van der Waals surface area contributed by atoms with Crippen LogP contribution < -0.4 is 5.32 Å². The van der Waals surface area contributed by atoms with Crippen LogP contribution in [0, 0.1) is 11.3 Å². The molecule has 4 nitrogen and oxygen atoms in total. The van der Waals surface area contributed by atoms with Crippen LogP contribution in [0.4, 0.5) is 5.69 Å². The quantitative estimate of drug-likeness (QED) is 0.754. The van der Waals surface area contributed by atoms with Crippen molar-refractivity contribution < 1.29 is 9.90 Å². The standard InChI is InChI=1S/C10H7ClN2O2/c11-6-1-2-8-7(5-6)10(15,3-4-12)9(14)13-8/h1-2,5,15H,3H2,(H,13,14). The van der Waals surface area contributed by atoms with Crippen molar-refractivity contribution in [3.63, 3.8) is 0 Å². The molecule has 76 valence electrons. The zero-order valence-corrected chi connectivity index (χ0v) is 8.38. The molecule has 1 aromatic carbocycles. The first-order valence-electron chi connectivity index (χ1n) is 4.29. The fourth-order valence-electron chi connectivity index (χ4n) is 1.61. The molecule has 1 unspecified atom stereocenters. The molecule has 0 fully saturated rings. The van der Waals surface area contributed by atoms with E-state index in [1.54, 1.807) is 18.2 Å². The molecule has 0 radical (unpaired) electrons. The minimum atomic E-state index is -1.77. The van der Waals surface area contributed by atoms with Crippen LogP contribution in [-0.4, -0.2) is 11.0 Å². The molecule has 1 aromatic rings. The normalized spacial score (nSPS) is 23.1. The summed E-state index contributed by atoms with van der Waals surface area (Å²) in [5.74, 6) is -0.582. The molecule has 0 saturated carbocycles. The number of anilines is 1. The van der Waals surface area contributed by atoms with E-state index in [0.717, 1.165) is 0 Å². The van der Waals surface area contributed by atoms with E-state index in [9.17, 15) is 9.90 Å². The van der Waals surface area contributed by atoms with Crippen LogP contribution in [0.5, 0.6) is 0 Å². The Balaban J connectivity index is 2.58. The predicted octanol–water partition coefficient (Wildman–Crippen LogP) is 1.39. The van der Waals surface area contributed by atoms with Gasteiger partial charge in [-0.1, -0.05) is 11.6 Å². The van der Waals surface area contributed by atoms with Crippen molar-refractivity contribution in [1.82, 2.24) is 0 Å². The van der Waals surface area contributed by atoms with Gasteiger partial charge in [-0.05, 0) is 18.2 Å². The number of nitriles is 1. The maximum atomic E-state index is 11.5. The second-order valence-corrected chi connectivity index (χ2v) is 3.78. The van der Waals surface area contributed by atoms with Crippen molar-refractivity contribution in [1.29, 1.82) is 5.26 Å². The number of hydrogen-bond donors (Lipinski definition) is 2. The topological polar surface area (TPSA) is 73.1 Å². The largest absolute Gasteiger partial charge is 0.374 e. The molecule has 0 saturated heterocycles. The molecule has 0 aliphatic carbocycles. The minimum Gasteiger partial charge on any atom is -0.374 e. The summed E-state index contributed by atoms with van der Waals surface area (Å²) in [6, 6.07) is 6.49. The molecule has 1 aliphatic heterocycles. The summed E-state index contributed by atoms with van der Waals surface area (Å²) >= 11 is 5.77. The first-order valence-corrected chi connectivity index (χ1v) is 4.66. The van der Waals surface area contributed by atoms with Gasteiger partial charge in [-0.2, -0.15) is 5.26 Å². The molecule has 1 amide bonds. The van der Waals surface area contributed by atoms with Crippen LogP contribution in [-0.2, 0) is 10.4 Å². The van der Waals surface area contributed by atoms with Gasteiger partial charge < -0.3 is 10.4 Å². The van der Waals surface area contributed by atoms with Crippen LogP contribution >= 0.6 is 11.6 Å². The van der Waals surface area contributed by atoms with E-state index >= 15 is 0 Å². The van der Waals surface area contributed by atoms with E-state index in [1.807, 2.05) is 0 Å². The number of fused-ring (bicyclic) bond motifs is 1. The highest BCUT2D eigenvalue weighted by Crippen LogP contribution is 2.39.